The van der Waals surface area contributed by atoms with Crippen LogP contribution in [0.2, 0.25) is 0 Å². The van der Waals surface area contributed by atoms with E-state index in [1.54, 1.807) is 6.92 Å². The summed E-state index contributed by atoms with van der Waals surface area (Å²) in [7, 11) is 0. The van der Waals surface area contributed by atoms with Crippen molar-refractivity contribution in [1.29, 1.82) is 0 Å². The molecule has 0 N–H and O–H groups in total. The van der Waals surface area contributed by atoms with Gasteiger partial charge in [-0.05, 0) is 5.75 Å². The molecule has 6 heteroatoms. The zero-order chi connectivity index (χ0) is 11.4. The summed E-state index contributed by atoms with van der Waals surface area (Å²) in [4.78, 5) is 0. The first-order valence-electron chi connectivity index (χ1n) is 3.83. The molecular formula is C8H10F4S2. The molecule has 0 aromatic rings. The Hall–Kier alpha value is -0.100. The van der Waals surface area contributed by atoms with Crippen LogP contribution in [0.15, 0.2) is 12.7 Å². The van der Waals surface area contributed by atoms with Gasteiger partial charge in [0, 0.05) is 6.42 Å². The lowest BCUT2D eigenvalue weighted by atomic mass is 10.0. The Morgan fingerprint density at radius 1 is 1.43 bits per heavy atom. The van der Waals surface area contributed by atoms with Gasteiger partial charge in [-0.2, -0.15) is 13.2 Å². The molecule has 82 valence electrons. The number of thiocarbonyl (C=S) groups is 1. The van der Waals surface area contributed by atoms with Crippen molar-refractivity contribution in [3.05, 3.63) is 12.7 Å². The summed E-state index contributed by atoms with van der Waals surface area (Å²) < 4.78 is 49.9. The van der Waals surface area contributed by atoms with Crippen molar-refractivity contribution in [3.8, 4) is 0 Å². The quantitative estimate of drug-likeness (QED) is 0.419. The molecule has 1 unspecified atom stereocenters. The van der Waals surface area contributed by atoms with Crippen molar-refractivity contribution in [2.45, 2.75) is 25.2 Å². The van der Waals surface area contributed by atoms with Crippen LogP contribution in [0.25, 0.3) is 0 Å². The topological polar surface area (TPSA) is 0 Å². The van der Waals surface area contributed by atoms with Crippen molar-refractivity contribution in [2.75, 3.05) is 5.75 Å². The van der Waals surface area contributed by atoms with E-state index in [0.29, 0.717) is 17.5 Å². The number of hydrogen-bond donors (Lipinski definition) is 0. The predicted molar refractivity (Wildman–Crippen MR) is 55.4 cm³/mol. The van der Waals surface area contributed by atoms with Gasteiger partial charge in [0.2, 0.25) is 5.67 Å². The molecular weight excluding hydrogens is 236 g/mol. The lowest BCUT2D eigenvalue weighted by molar-refractivity contribution is -0.200. The predicted octanol–water partition coefficient (Wildman–Crippen LogP) is 3.91. The Labute approximate surface area is 89.7 Å². The Kier molecular flexibility index (Phi) is 5.08. The Bertz CT molecular complexity index is 224. The fourth-order valence-electron chi connectivity index (χ4n) is 0.759. The Balaban J connectivity index is 4.89. The molecule has 0 amide bonds. The van der Waals surface area contributed by atoms with Crippen molar-refractivity contribution in [2.24, 2.45) is 0 Å². The van der Waals surface area contributed by atoms with E-state index in [1.807, 2.05) is 0 Å². The molecule has 0 aliphatic rings. The van der Waals surface area contributed by atoms with Crippen LogP contribution >= 0.6 is 24.0 Å². The summed E-state index contributed by atoms with van der Waals surface area (Å²) in [5, 5.41) is 0. The van der Waals surface area contributed by atoms with Crippen molar-refractivity contribution >= 4 is 28.2 Å². The van der Waals surface area contributed by atoms with Gasteiger partial charge in [-0.3, -0.25) is 0 Å². The second kappa shape index (κ2) is 5.11. The summed E-state index contributed by atoms with van der Waals surface area (Å²) >= 11 is 5.12. The number of thioether (sulfide) groups is 1. The first kappa shape index (κ1) is 13.9. The molecule has 0 aromatic heterocycles. The number of halogens is 4. The van der Waals surface area contributed by atoms with Gasteiger partial charge in [0.25, 0.3) is 0 Å². The zero-order valence-corrected chi connectivity index (χ0v) is 9.16. The van der Waals surface area contributed by atoms with E-state index in [1.165, 1.54) is 0 Å². The van der Waals surface area contributed by atoms with Crippen molar-refractivity contribution in [1.82, 2.24) is 0 Å². The molecule has 1 atom stereocenters. The minimum absolute atomic E-state index is 0.317. The second-order valence-corrected chi connectivity index (χ2v) is 4.45. The Morgan fingerprint density at radius 3 is 2.21 bits per heavy atom. The largest absolute Gasteiger partial charge is 0.428 e. The summed E-state index contributed by atoms with van der Waals surface area (Å²) in [6.07, 6.45) is -4.92. The van der Waals surface area contributed by atoms with Gasteiger partial charge in [-0.15, -0.1) is 18.3 Å². The van der Waals surface area contributed by atoms with Gasteiger partial charge in [0.1, 0.15) is 0 Å². The van der Waals surface area contributed by atoms with Gasteiger partial charge in [0.15, 0.2) is 0 Å². The number of rotatable bonds is 4. The highest BCUT2D eigenvalue weighted by Crippen LogP contribution is 2.41. The van der Waals surface area contributed by atoms with E-state index in [2.05, 4.69) is 18.8 Å². The van der Waals surface area contributed by atoms with Crippen LogP contribution in [0.1, 0.15) is 13.3 Å². The SMILES string of the molecule is C=CCC(F)(C(=S)SCC)C(F)(F)F. The minimum Gasteiger partial charge on any atom is -0.227 e. The molecule has 0 bridgehead atoms. The van der Waals surface area contributed by atoms with Crippen LogP contribution in [-0.4, -0.2) is 21.8 Å². The summed E-state index contributed by atoms with van der Waals surface area (Å²) in [5.74, 6) is 0.317. The number of allylic oxidation sites excluding steroid dienone is 1. The van der Waals surface area contributed by atoms with E-state index >= 15 is 0 Å². The minimum atomic E-state index is -4.97. The summed E-state index contributed by atoms with van der Waals surface area (Å²) in [5.41, 5.74) is -3.43. The zero-order valence-electron chi connectivity index (χ0n) is 7.53. The van der Waals surface area contributed by atoms with E-state index in [0.717, 1.165) is 6.08 Å². The van der Waals surface area contributed by atoms with Crippen LogP contribution in [0.4, 0.5) is 17.6 Å². The maximum atomic E-state index is 13.5. The lowest BCUT2D eigenvalue weighted by Gasteiger charge is -2.26. The van der Waals surface area contributed by atoms with Crippen LogP contribution < -0.4 is 0 Å². The molecule has 0 heterocycles. The van der Waals surface area contributed by atoms with E-state index in [-0.39, 0.29) is 0 Å². The van der Waals surface area contributed by atoms with E-state index in [9.17, 15) is 17.6 Å². The average molecular weight is 246 g/mol. The fourth-order valence-corrected chi connectivity index (χ4v) is 2.00. The lowest BCUT2D eigenvalue weighted by Crippen LogP contribution is -2.45. The first-order chi connectivity index (χ1) is 6.29. The molecule has 0 radical (unpaired) electrons. The summed E-state index contributed by atoms with van der Waals surface area (Å²) in [6.45, 7) is 4.71. The maximum Gasteiger partial charge on any atom is 0.428 e. The molecule has 0 aliphatic heterocycles. The molecule has 0 nitrogen and oxygen atoms in total. The van der Waals surface area contributed by atoms with Gasteiger partial charge in [-0.1, -0.05) is 25.2 Å². The Morgan fingerprint density at radius 2 is 1.93 bits per heavy atom. The molecule has 0 spiro atoms. The second-order valence-electron chi connectivity index (χ2n) is 2.51. The molecule has 14 heavy (non-hydrogen) atoms. The third-order valence-corrected chi connectivity index (χ3v) is 3.03. The number of hydrogen-bond acceptors (Lipinski definition) is 2. The molecule has 0 aliphatic carbocycles. The highest BCUT2D eigenvalue weighted by Gasteiger charge is 2.58. The molecule has 0 saturated heterocycles. The highest BCUT2D eigenvalue weighted by molar-refractivity contribution is 8.23. The van der Waals surface area contributed by atoms with E-state index < -0.39 is 22.5 Å². The van der Waals surface area contributed by atoms with Gasteiger partial charge >= 0.3 is 6.18 Å². The number of alkyl halides is 4. The fraction of sp³-hybridized carbons (Fsp3) is 0.625. The van der Waals surface area contributed by atoms with Crippen molar-refractivity contribution in [3.63, 3.8) is 0 Å². The third kappa shape index (κ3) is 2.95. The van der Waals surface area contributed by atoms with Gasteiger partial charge in [-0.25, -0.2) is 4.39 Å². The average Bonchev–Trinajstić information content (AvgIpc) is 2.03. The highest BCUT2D eigenvalue weighted by atomic mass is 32.2. The maximum absolute atomic E-state index is 13.5. The molecule has 0 fully saturated rings. The third-order valence-electron chi connectivity index (χ3n) is 1.47. The molecule has 0 rings (SSSR count). The summed E-state index contributed by atoms with van der Waals surface area (Å²) in [6, 6.07) is 0. The molecule has 0 saturated carbocycles. The van der Waals surface area contributed by atoms with Gasteiger partial charge < -0.3 is 0 Å². The normalized spacial score (nSPS) is 16.1. The van der Waals surface area contributed by atoms with Crippen LogP contribution in [0.3, 0.4) is 0 Å². The molecule has 0 aromatic carbocycles. The van der Waals surface area contributed by atoms with E-state index in [4.69, 9.17) is 0 Å². The van der Waals surface area contributed by atoms with Gasteiger partial charge in [0.05, 0.1) is 4.20 Å². The smallest absolute Gasteiger partial charge is 0.227 e. The first-order valence-corrected chi connectivity index (χ1v) is 5.22. The van der Waals surface area contributed by atoms with Crippen molar-refractivity contribution < 1.29 is 17.6 Å². The monoisotopic (exact) mass is 246 g/mol. The van der Waals surface area contributed by atoms with Crippen LogP contribution in [-0.2, 0) is 0 Å². The standard InChI is InChI=1S/C8H10F4S2/c1-3-5-7(9,8(10,11)12)6(13)14-4-2/h3H,1,4-5H2,2H3. The van der Waals surface area contributed by atoms with Crippen LogP contribution in [0.5, 0.6) is 0 Å². The van der Waals surface area contributed by atoms with Crippen LogP contribution in [0, 0.1) is 0 Å².